The predicted octanol–water partition coefficient (Wildman–Crippen LogP) is 2.38. The molecule has 1 aromatic carbocycles. The standard InChI is InChI=1S/C24H40N6O2.HI/c1-3-26-24(27-11-4-5-12-28-13-9-20(10-14-28)23(25)31)30-17-15-29(16-18-30)21-7-6-8-22(19-21)32-2;/h6-8,19-20H,3-5,9-18H2,1-2H3,(H2,25,31)(H,26,27);1H. The highest BCUT2D eigenvalue weighted by molar-refractivity contribution is 14.0. The monoisotopic (exact) mass is 572 g/mol. The van der Waals surface area contributed by atoms with Gasteiger partial charge in [-0.25, -0.2) is 0 Å². The van der Waals surface area contributed by atoms with Crippen LogP contribution >= 0.6 is 24.0 Å². The number of nitrogens with two attached hydrogens (primary N) is 1. The number of likely N-dealkylation sites (tertiary alicyclic amines) is 1. The van der Waals surface area contributed by atoms with Crippen molar-refractivity contribution in [3.05, 3.63) is 24.3 Å². The highest BCUT2D eigenvalue weighted by Gasteiger charge is 2.23. The van der Waals surface area contributed by atoms with E-state index in [2.05, 4.69) is 39.1 Å². The Labute approximate surface area is 215 Å². The molecule has 8 nitrogen and oxygen atoms in total. The number of halogens is 1. The number of nitrogens with zero attached hydrogens (tertiary/aromatic N) is 4. The second kappa shape index (κ2) is 14.5. The van der Waals surface area contributed by atoms with Crippen molar-refractivity contribution in [2.75, 3.05) is 70.9 Å². The number of anilines is 1. The second-order valence-corrected chi connectivity index (χ2v) is 8.64. The van der Waals surface area contributed by atoms with E-state index in [1.807, 2.05) is 12.1 Å². The van der Waals surface area contributed by atoms with Crippen LogP contribution in [0.5, 0.6) is 5.75 Å². The number of methoxy groups -OCH3 is 1. The lowest BCUT2D eigenvalue weighted by atomic mass is 9.96. The van der Waals surface area contributed by atoms with Gasteiger partial charge < -0.3 is 30.5 Å². The number of ether oxygens (including phenoxy) is 1. The molecule has 1 aromatic rings. The molecule has 0 bridgehead atoms. The van der Waals surface area contributed by atoms with Gasteiger partial charge in [-0.2, -0.15) is 0 Å². The number of nitrogens with one attached hydrogen (secondary N) is 1. The first-order valence-electron chi connectivity index (χ1n) is 12.0. The molecule has 1 amide bonds. The Morgan fingerprint density at radius 3 is 2.52 bits per heavy atom. The van der Waals surface area contributed by atoms with Gasteiger partial charge in [-0.05, 0) is 64.4 Å². The largest absolute Gasteiger partial charge is 0.497 e. The second-order valence-electron chi connectivity index (χ2n) is 8.64. The fraction of sp³-hybridized carbons (Fsp3) is 0.667. The fourth-order valence-corrected chi connectivity index (χ4v) is 4.48. The molecule has 9 heteroatoms. The highest BCUT2D eigenvalue weighted by Crippen LogP contribution is 2.22. The lowest BCUT2D eigenvalue weighted by molar-refractivity contribution is -0.123. The summed E-state index contributed by atoms with van der Waals surface area (Å²) < 4.78 is 5.37. The summed E-state index contributed by atoms with van der Waals surface area (Å²) in [6, 6.07) is 8.28. The zero-order chi connectivity index (χ0) is 22.8. The van der Waals surface area contributed by atoms with Crippen LogP contribution in [-0.4, -0.2) is 87.7 Å². The van der Waals surface area contributed by atoms with E-state index in [-0.39, 0.29) is 35.8 Å². The summed E-state index contributed by atoms with van der Waals surface area (Å²) in [5.41, 5.74) is 6.64. The summed E-state index contributed by atoms with van der Waals surface area (Å²) >= 11 is 0. The lowest BCUT2D eigenvalue weighted by Crippen LogP contribution is -2.52. The molecule has 2 aliphatic rings. The predicted molar refractivity (Wildman–Crippen MR) is 146 cm³/mol. The van der Waals surface area contributed by atoms with E-state index in [1.54, 1.807) is 7.11 Å². The van der Waals surface area contributed by atoms with Crippen molar-refractivity contribution in [3.63, 3.8) is 0 Å². The number of primary amides is 1. The molecule has 2 saturated heterocycles. The molecule has 0 unspecified atom stereocenters. The summed E-state index contributed by atoms with van der Waals surface area (Å²) in [4.78, 5) is 23.4. The number of hydrogen-bond acceptors (Lipinski definition) is 5. The minimum atomic E-state index is -0.140. The van der Waals surface area contributed by atoms with E-state index in [0.29, 0.717) is 0 Å². The Morgan fingerprint density at radius 1 is 1.15 bits per heavy atom. The molecule has 3 rings (SSSR count). The molecular weight excluding hydrogens is 531 g/mol. The first-order chi connectivity index (χ1) is 15.6. The van der Waals surface area contributed by atoms with Crippen molar-refractivity contribution in [1.82, 2.24) is 15.1 Å². The number of piperazine rings is 1. The number of hydrogen-bond donors (Lipinski definition) is 2. The Hall–Kier alpha value is -1.75. The summed E-state index contributed by atoms with van der Waals surface area (Å²) in [5, 5.41) is 3.46. The number of piperidine rings is 1. The highest BCUT2D eigenvalue weighted by atomic mass is 127. The van der Waals surface area contributed by atoms with E-state index in [1.165, 1.54) is 5.69 Å². The number of carbonyl (C=O) groups excluding carboxylic acids is 1. The van der Waals surface area contributed by atoms with Crippen LogP contribution < -0.4 is 20.7 Å². The van der Waals surface area contributed by atoms with E-state index in [4.69, 9.17) is 15.5 Å². The molecule has 0 spiro atoms. The zero-order valence-electron chi connectivity index (χ0n) is 20.2. The van der Waals surface area contributed by atoms with Crippen molar-refractivity contribution in [3.8, 4) is 5.75 Å². The number of benzene rings is 1. The maximum Gasteiger partial charge on any atom is 0.220 e. The van der Waals surface area contributed by atoms with Gasteiger partial charge in [0.1, 0.15) is 5.75 Å². The average Bonchev–Trinajstić information content (AvgIpc) is 2.83. The Bertz CT molecular complexity index is 746. The van der Waals surface area contributed by atoms with Gasteiger partial charge >= 0.3 is 0 Å². The molecule has 186 valence electrons. The fourth-order valence-electron chi connectivity index (χ4n) is 4.48. The van der Waals surface area contributed by atoms with Crippen LogP contribution in [0.3, 0.4) is 0 Å². The van der Waals surface area contributed by atoms with Crippen LogP contribution in [0, 0.1) is 5.92 Å². The van der Waals surface area contributed by atoms with E-state index in [9.17, 15) is 4.79 Å². The van der Waals surface area contributed by atoms with Crippen molar-refractivity contribution < 1.29 is 9.53 Å². The number of rotatable bonds is 9. The third kappa shape index (κ3) is 8.51. The first kappa shape index (κ1) is 27.5. The zero-order valence-corrected chi connectivity index (χ0v) is 22.5. The van der Waals surface area contributed by atoms with Crippen LogP contribution in [0.15, 0.2) is 29.3 Å². The first-order valence-corrected chi connectivity index (χ1v) is 12.0. The van der Waals surface area contributed by atoms with Crippen molar-refractivity contribution in [1.29, 1.82) is 0 Å². The molecule has 0 aliphatic carbocycles. The molecule has 3 N–H and O–H groups in total. The lowest BCUT2D eigenvalue weighted by Gasteiger charge is -2.37. The van der Waals surface area contributed by atoms with Crippen molar-refractivity contribution in [2.45, 2.75) is 32.6 Å². The minimum absolute atomic E-state index is 0. The molecule has 0 radical (unpaired) electrons. The molecule has 0 saturated carbocycles. The summed E-state index contributed by atoms with van der Waals surface area (Å²) in [5.74, 6) is 1.86. The molecule has 0 aromatic heterocycles. The van der Waals surface area contributed by atoms with Gasteiger partial charge in [-0.3, -0.25) is 9.79 Å². The molecule has 0 atom stereocenters. The van der Waals surface area contributed by atoms with Gasteiger partial charge in [0, 0.05) is 56.9 Å². The van der Waals surface area contributed by atoms with Crippen molar-refractivity contribution in [2.24, 2.45) is 16.6 Å². The Morgan fingerprint density at radius 2 is 1.88 bits per heavy atom. The maximum absolute atomic E-state index is 11.3. The summed E-state index contributed by atoms with van der Waals surface area (Å²) in [6.07, 6.45) is 4.02. The quantitative estimate of drug-likeness (QED) is 0.205. The number of guanidine groups is 1. The summed E-state index contributed by atoms with van der Waals surface area (Å²) in [6.45, 7) is 10.7. The van der Waals surface area contributed by atoms with Crippen LogP contribution in [0.2, 0.25) is 0 Å². The normalized spacial score (nSPS) is 18.1. The van der Waals surface area contributed by atoms with Crippen LogP contribution in [0.25, 0.3) is 0 Å². The maximum atomic E-state index is 11.3. The average molecular weight is 573 g/mol. The van der Waals surface area contributed by atoms with Crippen molar-refractivity contribution >= 4 is 41.5 Å². The topological polar surface area (TPSA) is 86.4 Å². The van der Waals surface area contributed by atoms with E-state index >= 15 is 0 Å². The number of amides is 1. The molecule has 2 fully saturated rings. The van der Waals surface area contributed by atoms with Gasteiger partial charge in [0.05, 0.1) is 7.11 Å². The third-order valence-corrected chi connectivity index (χ3v) is 6.47. The van der Waals surface area contributed by atoms with Gasteiger partial charge in [-0.1, -0.05) is 6.07 Å². The number of unbranched alkanes of at least 4 members (excludes halogenated alkanes) is 1. The van der Waals surface area contributed by atoms with Crippen LogP contribution in [0.4, 0.5) is 5.69 Å². The van der Waals surface area contributed by atoms with Gasteiger partial charge in [0.2, 0.25) is 5.91 Å². The molecule has 2 heterocycles. The summed E-state index contributed by atoms with van der Waals surface area (Å²) in [7, 11) is 1.71. The third-order valence-electron chi connectivity index (χ3n) is 6.47. The molecule has 33 heavy (non-hydrogen) atoms. The minimum Gasteiger partial charge on any atom is -0.497 e. The Kier molecular flexibility index (Phi) is 12.1. The van der Waals surface area contributed by atoms with Crippen LogP contribution in [0.1, 0.15) is 32.6 Å². The SMILES string of the molecule is CCNC(=NCCCCN1CCC(C(N)=O)CC1)N1CCN(c2cccc(OC)c2)CC1.I. The van der Waals surface area contributed by atoms with Gasteiger partial charge in [0.25, 0.3) is 0 Å². The number of carbonyl (C=O) groups is 1. The number of aliphatic imine (C=N–C) groups is 1. The van der Waals surface area contributed by atoms with E-state index < -0.39 is 0 Å². The van der Waals surface area contributed by atoms with Gasteiger partial charge in [0.15, 0.2) is 5.96 Å². The molecular formula is C24H41IN6O2. The van der Waals surface area contributed by atoms with Crippen LogP contribution in [-0.2, 0) is 4.79 Å². The molecule has 2 aliphatic heterocycles. The Balaban J connectivity index is 0.00000385. The van der Waals surface area contributed by atoms with Gasteiger partial charge in [-0.15, -0.1) is 24.0 Å². The smallest absolute Gasteiger partial charge is 0.220 e. The van der Waals surface area contributed by atoms with E-state index in [0.717, 1.165) is 96.3 Å².